The van der Waals surface area contributed by atoms with Crippen LogP contribution in [0.5, 0.6) is 11.5 Å². The number of anilines is 4. The average Bonchev–Trinajstić information content (AvgIpc) is 2.72. The first-order valence-corrected chi connectivity index (χ1v) is 8.93. The number of hydrogen-bond acceptors (Lipinski definition) is 9. The lowest BCUT2D eigenvalue weighted by molar-refractivity contribution is 0.0510. The first-order chi connectivity index (χ1) is 14.2. The lowest BCUT2D eigenvalue weighted by Crippen LogP contribution is -2.04. The van der Waals surface area contributed by atoms with Crippen LogP contribution < -0.4 is 20.1 Å². The van der Waals surface area contributed by atoms with E-state index in [0.717, 1.165) is 11.4 Å². The molecule has 3 rings (SSSR count). The van der Waals surface area contributed by atoms with Crippen molar-refractivity contribution < 1.29 is 18.9 Å². The summed E-state index contributed by atoms with van der Waals surface area (Å²) in [4.78, 5) is 12.5. The number of benzene rings is 2. The molecule has 2 aromatic carbocycles. The van der Waals surface area contributed by atoms with Crippen molar-refractivity contribution in [1.29, 1.82) is 0 Å². The number of methoxy groups -OCH3 is 2. The summed E-state index contributed by atoms with van der Waals surface area (Å²) < 4.78 is 20.5. The molecule has 0 aliphatic rings. The predicted molar refractivity (Wildman–Crippen MR) is 109 cm³/mol. The highest BCUT2D eigenvalue weighted by atomic mass is 35.5. The van der Waals surface area contributed by atoms with Gasteiger partial charge in [0.1, 0.15) is 11.5 Å². The molecule has 0 radical (unpaired) electrons. The van der Waals surface area contributed by atoms with Crippen LogP contribution in [0.3, 0.4) is 0 Å². The third-order valence-corrected chi connectivity index (χ3v) is 3.68. The van der Waals surface area contributed by atoms with Gasteiger partial charge in [0.25, 0.3) is 0 Å². The lowest BCUT2D eigenvalue weighted by Gasteiger charge is -2.10. The summed E-state index contributed by atoms with van der Waals surface area (Å²) in [6.07, 6.45) is 0. The molecular formula is C19H20ClN5O4. The van der Waals surface area contributed by atoms with Gasteiger partial charge in [0.05, 0.1) is 0 Å². The number of nitrogens with one attached hydrogen (secondary N) is 2. The molecule has 152 valence electrons. The van der Waals surface area contributed by atoms with Gasteiger partial charge in [-0.2, -0.15) is 15.0 Å². The Bertz CT molecular complexity index is 838. The predicted octanol–water partition coefficient (Wildman–Crippen LogP) is 3.98. The summed E-state index contributed by atoms with van der Waals surface area (Å²) in [7, 11) is 3.13. The Kier molecular flexibility index (Phi) is 7.40. The molecule has 0 fully saturated rings. The van der Waals surface area contributed by atoms with E-state index in [2.05, 4.69) is 25.6 Å². The number of aromatic nitrogens is 3. The molecule has 3 aromatic rings. The highest BCUT2D eigenvalue weighted by Gasteiger charge is 2.07. The molecule has 0 aliphatic heterocycles. The smallest absolute Gasteiger partial charge is 0.233 e. The van der Waals surface area contributed by atoms with E-state index < -0.39 is 0 Å². The van der Waals surface area contributed by atoms with Crippen LogP contribution in [0.1, 0.15) is 0 Å². The molecule has 0 amide bonds. The fourth-order valence-electron chi connectivity index (χ4n) is 2.24. The van der Waals surface area contributed by atoms with Crippen LogP contribution in [0.25, 0.3) is 0 Å². The zero-order chi connectivity index (χ0) is 20.5. The fourth-order valence-corrected chi connectivity index (χ4v) is 2.40. The van der Waals surface area contributed by atoms with Crippen molar-refractivity contribution >= 4 is 34.9 Å². The molecule has 0 bridgehead atoms. The zero-order valence-corrected chi connectivity index (χ0v) is 16.6. The van der Waals surface area contributed by atoms with Crippen molar-refractivity contribution in [3.05, 3.63) is 53.8 Å². The molecule has 0 saturated carbocycles. The van der Waals surface area contributed by atoms with E-state index in [0.29, 0.717) is 23.4 Å². The Morgan fingerprint density at radius 1 is 0.690 bits per heavy atom. The van der Waals surface area contributed by atoms with Gasteiger partial charge in [-0.1, -0.05) is 0 Å². The van der Waals surface area contributed by atoms with Gasteiger partial charge in [-0.25, -0.2) is 0 Å². The van der Waals surface area contributed by atoms with Gasteiger partial charge in [-0.15, -0.1) is 0 Å². The second kappa shape index (κ2) is 10.4. The first-order valence-electron chi connectivity index (χ1n) is 8.55. The van der Waals surface area contributed by atoms with Crippen molar-refractivity contribution in [2.24, 2.45) is 0 Å². The van der Waals surface area contributed by atoms with Crippen LogP contribution in [0.4, 0.5) is 23.3 Å². The Balaban J connectivity index is 1.66. The second-order valence-electron chi connectivity index (χ2n) is 5.65. The van der Waals surface area contributed by atoms with Crippen LogP contribution in [0.2, 0.25) is 5.28 Å². The minimum absolute atomic E-state index is 0.0603. The summed E-state index contributed by atoms with van der Waals surface area (Å²) in [5, 5.41) is 6.22. The van der Waals surface area contributed by atoms with Gasteiger partial charge < -0.3 is 29.6 Å². The average molecular weight is 418 g/mol. The van der Waals surface area contributed by atoms with E-state index in [1.54, 1.807) is 38.5 Å². The largest absolute Gasteiger partial charge is 0.468 e. The summed E-state index contributed by atoms with van der Waals surface area (Å²) in [5.74, 6) is 1.98. The molecule has 0 unspecified atom stereocenters. The minimum atomic E-state index is 0.0603. The van der Waals surface area contributed by atoms with Crippen molar-refractivity contribution in [3.63, 3.8) is 0 Å². The van der Waals surface area contributed by atoms with Crippen LogP contribution >= 0.6 is 11.6 Å². The Morgan fingerprint density at radius 2 is 1.10 bits per heavy atom. The van der Waals surface area contributed by atoms with Crippen molar-refractivity contribution in [3.8, 4) is 11.5 Å². The maximum atomic E-state index is 6.04. The van der Waals surface area contributed by atoms with Gasteiger partial charge in [0, 0.05) is 25.6 Å². The van der Waals surface area contributed by atoms with Crippen molar-refractivity contribution in [2.75, 3.05) is 38.4 Å². The van der Waals surface area contributed by atoms with Crippen LogP contribution in [-0.4, -0.2) is 42.8 Å². The molecule has 9 nitrogen and oxygen atoms in total. The van der Waals surface area contributed by atoms with Gasteiger partial charge in [-0.3, -0.25) is 0 Å². The van der Waals surface area contributed by atoms with E-state index >= 15 is 0 Å². The molecule has 1 heterocycles. The Labute approximate surface area is 173 Å². The van der Waals surface area contributed by atoms with E-state index in [1.807, 2.05) is 24.3 Å². The van der Waals surface area contributed by atoms with Crippen molar-refractivity contribution in [1.82, 2.24) is 15.0 Å². The molecule has 10 heteroatoms. The highest BCUT2D eigenvalue weighted by molar-refractivity contribution is 6.28. The number of hydrogen-bond donors (Lipinski definition) is 2. The number of ether oxygens (including phenoxy) is 4. The Morgan fingerprint density at radius 3 is 1.48 bits per heavy atom. The molecule has 0 saturated heterocycles. The standard InChI is InChI=1S/C19H20ClN5O4/c1-26-11-28-15-7-3-13(4-8-15)21-18-23-17(20)24-19(25-18)22-14-5-9-16(10-6-14)29-12-27-2/h3-10H,11-12H2,1-2H3,(H2,21,22,23,24,25). The summed E-state index contributed by atoms with van der Waals surface area (Å²) in [5.41, 5.74) is 1.53. The van der Waals surface area contributed by atoms with Crippen LogP contribution in [0, 0.1) is 0 Å². The number of nitrogens with zero attached hydrogens (tertiary/aromatic N) is 3. The monoisotopic (exact) mass is 417 g/mol. The molecule has 0 aliphatic carbocycles. The van der Waals surface area contributed by atoms with Crippen molar-refractivity contribution in [2.45, 2.75) is 0 Å². The molecule has 0 spiro atoms. The van der Waals surface area contributed by atoms with E-state index in [4.69, 9.17) is 30.5 Å². The lowest BCUT2D eigenvalue weighted by atomic mass is 10.3. The Hall–Kier alpha value is -3.14. The SMILES string of the molecule is COCOc1ccc(Nc2nc(Cl)nc(Nc3ccc(OCOC)cc3)n2)cc1. The second-order valence-corrected chi connectivity index (χ2v) is 5.99. The summed E-state index contributed by atoms with van der Waals surface area (Å²) >= 11 is 6.04. The highest BCUT2D eigenvalue weighted by Crippen LogP contribution is 2.22. The number of rotatable bonds is 10. The van der Waals surface area contributed by atoms with Gasteiger partial charge in [0.15, 0.2) is 13.6 Å². The maximum absolute atomic E-state index is 6.04. The quantitative estimate of drug-likeness (QED) is 0.474. The molecule has 2 N–H and O–H groups in total. The van der Waals surface area contributed by atoms with E-state index in [-0.39, 0.29) is 18.9 Å². The summed E-state index contributed by atoms with van der Waals surface area (Å²) in [6, 6.07) is 14.5. The first kappa shape index (κ1) is 20.6. The fraction of sp³-hybridized carbons (Fsp3) is 0.211. The van der Waals surface area contributed by atoms with Gasteiger partial charge >= 0.3 is 0 Å². The zero-order valence-electron chi connectivity index (χ0n) is 15.9. The molecule has 29 heavy (non-hydrogen) atoms. The van der Waals surface area contributed by atoms with Gasteiger partial charge in [-0.05, 0) is 60.1 Å². The minimum Gasteiger partial charge on any atom is -0.468 e. The third kappa shape index (κ3) is 6.46. The normalized spacial score (nSPS) is 10.4. The van der Waals surface area contributed by atoms with Crippen LogP contribution in [0.15, 0.2) is 48.5 Å². The molecular weight excluding hydrogens is 398 g/mol. The number of halogens is 1. The van der Waals surface area contributed by atoms with Crippen LogP contribution in [-0.2, 0) is 9.47 Å². The topological polar surface area (TPSA) is 99.7 Å². The molecule has 1 aromatic heterocycles. The third-order valence-electron chi connectivity index (χ3n) is 3.52. The molecule has 0 atom stereocenters. The summed E-state index contributed by atoms with van der Waals surface area (Å²) in [6.45, 7) is 0.370. The maximum Gasteiger partial charge on any atom is 0.233 e. The van der Waals surface area contributed by atoms with E-state index in [9.17, 15) is 0 Å². The van der Waals surface area contributed by atoms with Gasteiger partial charge in [0.2, 0.25) is 17.2 Å². The van der Waals surface area contributed by atoms with E-state index in [1.165, 1.54) is 0 Å².